The van der Waals surface area contributed by atoms with Gasteiger partial charge in [0.1, 0.15) is 11.5 Å². The molecule has 30 heavy (non-hydrogen) atoms. The summed E-state index contributed by atoms with van der Waals surface area (Å²) in [6.45, 7) is 1.94. The Morgan fingerprint density at radius 3 is 2.80 bits per heavy atom. The van der Waals surface area contributed by atoms with Crippen molar-refractivity contribution in [3.05, 3.63) is 35.7 Å². The van der Waals surface area contributed by atoms with E-state index in [4.69, 9.17) is 14.2 Å². The lowest BCUT2D eigenvalue weighted by Gasteiger charge is -2.33. The highest BCUT2D eigenvalue weighted by Gasteiger charge is 2.28. The third-order valence-electron chi connectivity index (χ3n) is 5.03. The van der Waals surface area contributed by atoms with Crippen molar-refractivity contribution in [3.63, 3.8) is 0 Å². The van der Waals surface area contributed by atoms with Gasteiger partial charge in [-0.3, -0.25) is 9.59 Å². The molecule has 1 fully saturated rings. The average Bonchev–Trinajstić information content (AvgIpc) is 3.29. The Morgan fingerprint density at radius 1 is 1.23 bits per heavy atom. The molecule has 0 aliphatic carbocycles. The third-order valence-corrected chi connectivity index (χ3v) is 5.03. The SMILES string of the molecule is COCCNC(=O)c1cn(C2CCCN(C(=O)c3ccc(OC)cc3OC)C2)nn1. The minimum absolute atomic E-state index is 0.0556. The summed E-state index contributed by atoms with van der Waals surface area (Å²) in [5.74, 6) is 0.679. The molecule has 0 saturated carbocycles. The average molecular weight is 417 g/mol. The number of likely N-dealkylation sites (tertiary alicyclic amines) is 1. The number of carbonyl (C=O) groups excluding carboxylic acids is 2. The molecule has 10 nitrogen and oxygen atoms in total. The first-order chi connectivity index (χ1) is 14.6. The van der Waals surface area contributed by atoms with Gasteiger partial charge in [0.2, 0.25) is 0 Å². The van der Waals surface area contributed by atoms with Crippen molar-refractivity contribution in [2.45, 2.75) is 18.9 Å². The van der Waals surface area contributed by atoms with Crippen LogP contribution in [0.25, 0.3) is 0 Å². The fourth-order valence-electron chi connectivity index (χ4n) is 3.42. The third kappa shape index (κ3) is 4.88. The molecule has 0 bridgehead atoms. The van der Waals surface area contributed by atoms with Gasteiger partial charge in [-0.15, -0.1) is 5.10 Å². The van der Waals surface area contributed by atoms with Crippen molar-refractivity contribution in [2.75, 3.05) is 47.6 Å². The highest BCUT2D eigenvalue weighted by Crippen LogP contribution is 2.28. The molecule has 2 heterocycles. The summed E-state index contributed by atoms with van der Waals surface area (Å²) in [4.78, 5) is 27.0. The number of benzene rings is 1. The second kappa shape index (κ2) is 10.1. The number of carbonyl (C=O) groups is 2. The first kappa shape index (κ1) is 21.6. The summed E-state index contributed by atoms with van der Waals surface area (Å²) in [5, 5.41) is 10.8. The molecule has 0 spiro atoms. The zero-order chi connectivity index (χ0) is 21.5. The number of ether oxygens (including phenoxy) is 3. The van der Waals surface area contributed by atoms with Crippen molar-refractivity contribution >= 4 is 11.8 Å². The quantitative estimate of drug-likeness (QED) is 0.642. The molecule has 1 aromatic heterocycles. The van der Waals surface area contributed by atoms with Crippen LogP contribution in [0.2, 0.25) is 0 Å². The van der Waals surface area contributed by atoms with Gasteiger partial charge in [-0.25, -0.2) is 4.68 Å². The molecule has 1 saturated heterocycles. The fourth-order valence-corrected chi connectivity index (χ4v) is 3.42. The van der Waals surface area contributed by atoms with Crippen LogP contribution in [0.4, 0.5) is 0 Å². The van der Waals surface area contributed by atoms with E-state index in [0.29, 0.717) is 43.3 Å². The maximum Gasteiger partial charge on any atom is 0.273 e. The largest absolute Gasteiger partial charge is 0.497 e. The molecule has 2 amide bonds. The summed E-state index contributed by atoms with van der Waals surface area (Å²) in [6.07, 6.45) is 3.29. The Kier molecular flexibility index (Phi) is 7.23. The van der Waals surface area contributed by atoms with Gasteiger partial charge in [-0.2, -0.15) is 0 Å². The second-order valence-electron chi connectivity index (χ2n) is 6.95. The van der Waals surface area contributed by atoms with E-state index in [1.54, 1.807) is 48.2 Å². The first-order valence-electron chi connectivity index (χ1n) is 9.77. The zero-order valence-electron chi connectivity index (χ0n) is 17.5. The number of rotatable bonds is 8. The summed E-state index contributed by atoms with van der Waals surface area (Å²) in [6, 6.07) is 5.09. The van der Waals surface area contributed by atoms with Gasteiger partial charge in [0.05, 0.1) is 38.6 Å². The number of amides is 2. The molecule has 1 unspecified atom stereocenters. The van der Waals surface area contributed by atoms with Crippen LogP contribution in [0, 0.1) is 0 Å². The molecule has 1 aliphatic heterocycles. The van der Waals surface area contributed by atoms with E-state index < -0.39 is 0 Å². The Morgan fingerprint density at radius 2 is 2.07 bits per heavy atom. The van der Waals surface area contributed by atoms with Gasteiger partial charge in [0.15, 0.2) is 5.69 Å². The normalized spacial score (nSPS) is 16.2. The minimum atomic E-state index is -0.301. The number of nitrogens with one attached hydrogen (secondary N) is 1. The Balaban J connectivity index is 1.69. The van der Waals surface area contributed by atoms with E-state index in [1.165, 1.54) is 7.11 Å². The maximum absolute atomic E-state index is 13.1. The van der Waals surface area contributed by atoms with Crippen molar-refractivity contribution in [3.8, 4) is 11.5 Å². The van der Waals surface area contributed by atoms with Gasteiger partial charge in [0.25, 0.3) is 11.8 Å². The summed E-state index contributed by atoms with van der Waals surface area (Å²) < 4.78 is 17.2. The van der Waals surface area contributed by atoms with Crippen LogP contribution in [0.5, 0.6) is 11.5 Å². The van der Waals surface area contributed by atoms with E-state index in [2.05, 4.69) is 15.6 Å². The van der Waals surface area contributed by atoms with Crippen LogP contribution in [-0.4, -0.2) is 79.3 Å². The van der Waals surface area contributed by atoms with Crippen molar-refractivity contribution in [1.29, 1.82) is 0 Å². The van der Waals surface area contributed by atoms with Crippen LogP contribution >= 0.6 is 0 Å². The number of methoxy groups -OCH3 is 3. The molecule has 1 aliphatic rings. The smallest absolute Gasteiger partial charge is 0.273 e. The molecule has 0 radical (unpaired) electrons. The van der Waals surface area contributed by atoms with Gasteiger partial charge < -0.3 is 24.4 Å². The highest BCUT2D eigenvalue weighted by molar-refractivity contribution is 5.97. The lowest BCUT2D eigenvalue weighted by molar-refractivity contribution is 0.0668. The summed E-state index contributed by atoms with van der Waals surface area (Å²) in [7, 11) is 4.66. The second-order valence-corrected chi connectivity index (χ2v) is 6.95. The van der Waals surface area contributed by atoms with Gasteiger partial charge in [0, 0.05) is 32.8 Å². The predicted octanol–water partition coefficient (Wildman–Crippen LogP) is 1.15. The maximum atomic E-state index is 13.1. The number of nitrogens with zero attached hydrogens (tertiary/aromatic N) is 4. The molecule has 1 atom stereocenters. The minimum Gasteiger partial charge on any atom is -0.497 e. The molecule has 1 N–H and O–H groups in total. The van der Waals surface area contributed by atoms with Crippen LogP contribution in [0.1, 0.15) is 39.7 Å². The van der Waals surface area contributed by atoms with Crippen LogP contribution in [0.15, 0.2) is 24.4 Å². The van der Waals surface area contributed by atoms with Crippen molar-refractivity contribution in [1.82, 2.24) is 25.2 Å². The molecule has 10 heteroatoms. The molecule has 1 aromatic carbocycles. The Hall–Kier alpha value is -3.14. The topological polar surface area (TPSA) is 108 Å². The fraction of sp³-hybridized carbons (Fsp3) is 0.500. The van der Waals surface area contributed by atoms with E-state index in [1.807, 2.05) is 0 Å². The monoisotopic (exact) mass is 417 g/mol. The number of piperidine rings is 1. The van der Waals surface area contributed by atoms with Gasteiger partial charge in [-0.1, -0.05) is 5.21 Å². The van der Waals surface area contributed by atoms with Crippen molar-refractivity contribution in [2.24, 2.45) is 0 Å². The first-order valence-corrected chi connectivity index (χ1v) is 9.77. The van der Waals surface area contributed by atoms with Crippen LogP contribution < -0.4 is 14.8 Å². The van der Waals surface area contributed by atoms with Crippen molar-refractivity contribution < 1.29 is 23.8 Å². The van der Waals surface area contributed by atoms with Gasteiger partial charge in [-0.05, 0) is 25.0 Å². The lowest BCUT2D eigenvalue weighted by Crippen LogP contribution is -2.41. The Bertz CT molecular complexity index is 884. The number of hydrogen-bond donors (Lipinski definition) is 1. The van der Waals surface area contributed by atoms with Gasteiger partial charge >= 0.3 is 0 Å². The molecular weight excluding hydrogens is 390 g/mol. The molecule has 2 aromatic rings. The van der Waals surface area contributed by atoms with E-state index >= 15 is 0 Å². The van der Waals surface area contributed by atoms with E-state index in [0.717, 1.165) is 12.8 Å². The van der Waals surface area contributed by atoms with E-state index in [9.17, 15) is 9.59 Å². The molecular formula is C20H27N5O5. The zero-order valence-corrected chi connectivity index (χ0v) is 17.5. The van der Waals surface area contributed by atoms with E-state index in [-0.39, 0.29) is 23.6 Å². The summed E-state index contributed by atoms with van der Waals surface area (Å²) in [5.41, 5.74) is 0.724. The van der Waals surface area contributed by atoms with Crippen LogP contribution in [-0.2, 0) is 4.74 Å². The van der Waals surface area contributed by atoms with Crippen LogP contribution in [0.3, 0.4) is 0 Å². The number of aromatic nitrogens is 3. The number of hydrogen-bond acceptors (Lipinski definition) is 7. The molecule has 162 valence electrons. The lowest BCUT2D eigenvalue weighted by atomic mass is 10.0. The summed E-state index contributed by atoms with van der Waals surface area (Å²) >= 11 is 0. The standard InChI is InChI=1S/C20H27N5O5/c1-28-10-8-21-19(26)17-13-25(23-22-17)14-5-4-9-24(12-14)20(27)16-7-6-15(29-2)11-18(16)30-3/h6-7,11,13-14H,4-5,8-10,12H2,1-3H3,(H,21,26). The molecule has 3 rings (SSSR count). The predicted molar refractivity (Wildman–Crippen MR) is 108 cm³/mol. The Labute approximate surface area is 175 Å². The highest BCUT2D eigenvalue weighted by atomic mass is 16.5.